The highest BCUT2D eigenvalue weighted by Crippen LogP contribution is 2.34. The van der Waals surface area contributed by atoms with Gasteiger partial charge in [-0.25, -0.2) is 0 Å². The Hall–Kier alpha value is -0.530. The number of rotatable bonds is 5. The third-order valence-electron chi connectivity index (χ3n) is 3.55. The Balaban J connectivity index is 2.12. The molecular weight excluding hydrogens is 176 g/mol. The highest BCUT2D eigenvalue weighted by atomic mass is 16.5. The minimum Gasteiger partial charge on any atom is -0.468 e. The minimum atomic E-state index is 0.555. The number of hydrogen-bond donors (Lipinski definition) is 0. The van der Waals surface area contributed by atoms with Crippen molar-refractivity contribution in [3.63, 3.8) is 0 Å². The van der Waals surface area contributed by atoms with Crippen LogP contribution in [0.25, 0.3) is 0 Å². The van der Waals surface area contributed by atoms with Crippen molar-refractivity contribution in [2.45, 2.75) is 46.0 Å². The molecule has 2 heteroatoms. The van der Waals surface area contributed by atoms with E-state index in [2.05, 4.69) is 13.8 Å². The molecule has 0 aromatic rings. The van der Waals surface area contributed by atoms with Gasteiger partial charge in [-0.3, -0.25) is 4.79 Å². The van der Waals surface area contributed by atoms with Crippen LogP contribution in [0.3, 0.4) is 0 Å². The van der Waals surface area contributed by atoms with Crippen molar-refractivity contribution in [1.29, 1.82) is 0 Å². The molecule has 0 spiro atoms. The van der Waals surface area contributed by atoms with E-state index in [-0.39, 0.29) is 0 Å². The smallest absolute Gasteiger partial charge is 0.293 e. The Labute approximate surface area is 87.0 Å². The number of carbonyl (C=O) groups excluding carboxylic acids is 1. The molecule has 1 aliphatic rings. The first kappa shape index (κ1) is 11.5. The summed E-state index contributed by atoms with van der Waals surface area (Å²) in [4.78, 5) is 9.97. The van der Waals surface area contributed by atoms with Gasteiger partial charge in [-0.2, -0.15) is 0 Å². The molecule has 1 aliphatic carbocycles. The lowest BCUT2D eigenvalue weighted by Gasteiger charge is -2.30. The van der Waals surface area contributed by atoms with Crippen LogP contribution in [-0.2, 0) is 9.53 Å². The maximum atomic E-state index is 9.97. The first-order chi connectivity index (χ1) is 6.74. The Morgan fingerprint density at radius 1 is 1.29 bits per heavy atom. The van der Waals surface area contributed by atoms with Crippen molar-refractivity contribution in [3.05, 3.63) is 0 Å². The quantitative estimate of drug-likeness (QED) is 0.501. The van der Waals surface area contributed by atoms with Crippen LogP contribution in [0.4, 0.5) is 0 Å². The molecule has 82 valence electrons. The van der Waals surface area contributed by atoms with Crippen LogP contribution in [0.2, 0.25) is 0 Å². The topological polar surface area (TPSA) is 26.3 Å². The van der Waals surface area contributed by atoms with Gasteiger partial charge in [0.1, 0.15) is 0 Å². The van der Waals surface area contributed by atoms with E-state index in [1.54, 1.807) is 0 Å². The zero-order chi connectivity index (χ0) is 10.4. The monoisotopic (exact) mass is 198 g/mol. The number of hydrogen-bond acceptors (Lipinski definition) is 2. The standard InChI is InChI=1S/C12H22O2/c1-10(2)12-5-3-11(4-6-12)7-8-14-9-13/h9-12H,3-8H2,1-2H3. The first-order valence-corrected chi connectivity index (χ1v) is 5.79. The maximum Gasteiger partial charge on any atom is 0.293 e. The molecule has 0 bridgehead atoms. The summed E-state index contributed by atoms with van der Waals surface area (Å²) in [6, 6.07) is 0. The highest BCUT2D eigenvalue weighted by molar-refractivity contribution is 5.36. The van der Waals surface area contributed by atoms with E-state index in [0.29, 0.717) is 13.1 Å². The zero-order valence-corrected chi connectivity index (χ0v) is 9.37. The molecule has 0 saturated heterocycles. The summed E-state index contributed by atoms with van der Waals surface area (Å²) in [7, 11) is 0. The van der Waals surface area contributed by atoms with Gasteiger partial charge in [0.2, 0.25) is 0 Å². The molecule has 0 aromatic heterocycles. The van der Waals surface area contributed by atoms with Crippen LogP contribution in [0.1, 0.15) is 46.0 Å². The highest BCUT2D eigenvalue weighted by Gasteiger charge is 2.22. The second kappa shape index (κ2) is 6.05. The molecule has 1 saturated carbocycles. The fourth-order valence-corrected chi connectivity index (χ4v) is 2.43. The zero-order valence-electron chi connectivity index (χ0n) is 9.37. The third kappa shape index (κ3) is 3.69. The van der Waals surface area contributed by atoms with E-state index in [4.69, 9.17) is 4.74 Å². The van der Waals surface area contributed by atoms with Crippen LogP contribution in [0.15, 0.2) is 0 Å². The van der Waals surface area contributed by atoms with Gasteiger partial charge >= 0.3 is 0 Å². The molecule has 0 amide bonds. The summed E-state index contributed by atoms with van der Waals surface area (Å²) in [6.07, 6.45) is 6.44. The Morgan fingerprint density at radius 2 is 1.93 bits per heavy atom. The van der Waals surface area contributed by atoms with Crippen molar-refractivity contribution < 1.29 is 9.53 Å². The fraction of sp³-hybridized carbons (Fsp3) is 0.917. The lowest BCUT2D eigenvalue weighted by Crippen LogP contribution is -2.19. The predicted octanol–water partition coefficient (Wildman–Crippen LogP) is 3.01. The van der Waals surface area contributed by atoms with Gasteiger partial charge in [0, 0.05) is 0 Å². The molecule has 0 heterocycles. The average molecular weight is 198 g/mol. The average Bonchev–Trinajstić information content (AvgIpc) is 2.19. The number of carbonyl (C=O) groups is 1. The van der Waals surface area contributed by atoms with Crippen LogP contribution in [0, 0.1) is 17.8 Å². The molecule has 0 atom stereocenters. The SMILES string of the molecule is CC(C)C1CCC(CCOC=O)CC1. The van der Waals surface area contributed by atoms with Crippen LogP contribution in [0.5, 0.6) is 0 Å². The summed E-state index contributed by atoms with van der Waals surface area (Å²) < 4.78 is 4.73. The van der Waals surface area contributed by atoms with Crippen LogP contribution < -0.4 is 0 Å². The summed E-state index contributed by atoms with van der Waals surface area (Å²) in [5.41, 5.74) is 0. The van der Waals surface area contributed by atoms with Crippen molar-refractivity contribution in [2.75, 3.05) is 6.61 Å². The molecule has 0 aromatic carbocycles. The Morgan fingerprint density at radius 3 is 2.43 bits per heavy atom. The third-order valence-corrected chi connectivity index (χ3v) is 3.55. The molecule has 2 nitrogen and oxygen atoms in total. The van der Waals surface area contributed by atoms with Crippen LogP contribution in [-0.4, -0.2) is 13.1 Å². The van der Waals surface area contributed by atoms with Crippen molar-refractivity contribution >= 4 is 6.47 Å². The van der Waals surface area contributed by atoms with E-state index >= 15 is 0 Å². The lowest BCUT2D eigenvalue weighted by molar-refractivity contribution is -0.129. The van der Waals surface area contributed by atoms with Crippen LogP contribution >= 0.6 is 0 Å². The molecule has 1 fully saturated rings. The van der Waals surface area contributed by atoms with E-state index in [1.165, 1.54) is 25.7 Å². The van der Waals surface area contributed by atoms with Crippen molar-refractivity contribution in [1.82, 2.24) is 0 Å². The van der Waals surface area contributed by atoms with Gasteiger partial charge in [0.15, 0.2) is 0 Å². The molecule has 0 radical (unpaired) electrons. The second-order valence-electron chi connectivity index (χ2n) is 4.78. The summed E-state index contributed by atoms with van der Waals surface area (Å²) in [5, 5.41) is 0. The van der Waals surface area contributed by atoms with Gasteiger partial charge in [0.25, 0.3) is 6.47 Å². The second-order valence-corrected chi connectivity index (χ2v) is 4.78. The molecule has 0 N–H and O–H groups in total. The summed E-state index contributed by atoms with van der Waals surface area (Å²) >= 11 is 0. The Kier molecular flexibility index (Phi) is 4.99. The van der Waals surface area contributed by atoms with Gasteiger partial charge < -0.3 is 4.74 Å². The van der Waals surface area contributed by atoms with Crippen molar-refractivity contribution in [2.24, 2.45) is 17.8 Å². The largest absolute Gasteiger partial charge is 0.468 e. The molecule has 0 aliphatic heterocycles. The van der Waals surface area contributed by atoms with E-state index in [9.17, 15) is 4.79 Å². The molecule has 1 rings (SSSR count). The van der Waals surface area contributed by atoms with Gasteiger partial charge in [-0.1, -0.05) is 26.7 Å². The fourth-order valence-electron chi connectivity index (χ4n) is 2.43. The van der Waals surface area contributed by atoms with E-state index in [1.807, 2.05) is 0 Å². The van der Waals surface area contributed by atoms with Gasteiger partial charge in [-0.15, -0.1) is 0 Å². The summed E-state index contributed by atoms with van der Waals surface area (Å²) in [5.74, 6) is 2.56. The summed E-state index contributed by atoms with van der Waals surface area (Å²) in [6.45, 7) is 5.81. The minimum absolute atomic E-state index is 0.555. The molecule has 0 unspecified atom stereocenters. The van der Waals surface area contributed by atoms with E-state index in [0.717, 1.165) is 24.2 Å². The first-order valence-electron chi connectivity index (χ1n) is 5.79. The van der Waals surface area contributed by atoms with Gasteiger partial charge in [-0.05, 0) is 37.0 Å². The predicted molar refractivity (Wildman–Crippen MR) is 56.9 cm³/mol. The normalized spacial score (nSPS) is 27.6. The molecular formula is C12H22O2. The lowest BCUT2D eigenvalue weighted by atomic mass is 9.76. The maximum absolute atomic E-state index is 9.97. The van der Waals surface area contributed by atoms with Gasteiger partial charge in [0.05, 0.1) is 6.61 Å². The van der Waals surface area contributed by atoms with Crippen molar-refractivity contribution in [3.8, 4) is 0 Å². The molecule has 14 heavy (non-hydrogen) atoms. The number of ether oxygens (including phenoxy) is 1. The van der Waals surface area contributed by atoms with E-state index < -0.39 is 0 Å². The Bertz CT molecular complexity index is 158.